The number of nitrogens with zero attached hydrogens (tertiary/aromatic N) is 3. The lowest BCUT2D eigenvalue weighted by Crippen LogP contribution is -2.27. The minimum Gasteiger partial charge on any atom is -0.366 e. The molecule has 1 amide bonds. The van der Waals surface area contributed by atoms with E-state index in [1.54, 1.807) is 6.08 Å². The largest absolute Gasteiger partial charge is 0.366 e. The van der Waals surface area contributed by atoms with Gasteiger partial charge in [-0.1, -0.05) is 39.7 Å². The zero-order valence-electron chi connectivity index (χ0n) is 16.4. The fraction of sp³-hybridized carbons (Fsp3) is 0.524. The van der Waals surface area contributed by atoms with Gasteiger partial charge in [-0.25, -0.2) is 4.98 Å². The van der Waals surface area contributed by atoms with Crippen molar-refractivity contribution in [2.45, 2.75) is 53.0 Å². The van der Waals surface area contributed by atoms with Gasteiger partial charge in [-0.3, -0.25) is 4.79 Å². The summed E-state index contributed by atoms with van der Waals surface area (Å²) in [6, 6.07) is 6.16. The summed E-state index contributed by atoms with van der Waals surface area (Å²) >= 11 is 0. The van der Waals surface area contributed by atoms with Crippen LogP contribution in [-0.2, 0) is 17.8 Å². The van der Waals surface area contributed by atoms with Crippen molar-refractivity contribution in [1.29, 1.82) is 0 Å². The molecule has 1 aromatic carbocycles. The molecule has 0 saturated carbocycles. The first-order chi connectivity index (χ1) is 12.6. The summed E-state index contributed by atoms with van der Waals surface area (Å²) in [6.45, 7) is 10.7. The molecule has 2 N–H and O–H groups in total. The highest BCUT2D eigenvalue weighted by atomic mass is 16.1. The quantitative estimate of drug-likeness (QED) is 0.494. The zero-order chi connectivity index (χ0) is 18.9. The van der Waals surface area contributed by atoms with Gasteiger partial charge >= 0.3 is 0 Å². The molecule has 0 unspecified atom stereocenters. The van der Waals surface area contributed by atoms with E-state index in [0.29, 0.717) is 0 Å². The van der Waals surface area contributed by atoms with E-state index in [9.17, 15) is 4.79 Å². The molecule has 0 atom stereocenters. The number of unbranched alkanes of at least 4 members (excludes halogenated alkanes) is 2. The van der Waals surface area contributed by atoms with E-state index in [2.05, 4.69) is 36.3 Å². The number of benzene rings is 1. The Kier molecular flexibility index (Phi) is 7.85. The number of aromatic nitrogens is 2. The third-order valence-corrected chi connectivity index (χ3v) is 4.83. The second kappa shape index (κ2) is 10.1. The molecule has 26 heavy (non-hydrogen) atoms. The molecular weight excluding hydrogens is 324 g/mol. The van der Waals surface area contributed by atoms with Crippen LogP contribution in [0.5, 0.6) is 0 Å². The van der Waals surface area contributed by atoms with Crippen molar-refractivity contribution in [3.63, 3.8) is 0 Å². The highest BCUT2D eigenvalue weighted by molar-refractivity contribution is 5.91. The number of nitrogens with two attached hydrogens (primary N) is 1. The first-order valence-corrected chi connectivity index (χ1v) is 9.78. The van der Waals surface area contributed by atoms with Crippen molar-refractivity contribution in [2.75, 3.05) is 19.6 Å². The van der Waals surface area contributed by atoms with Crippen LogP contribution in [0, 0.1) is 0 Å². The summed E-state index contributed by atoms with van der Waals surface area (Å²) in [5.74, 6) is 0.728. The number of carbonyl (C=O) groups is 1. The highest BCUT2D eigenvalue weighted by Crippen LogP contribution is 2.20. The molecule has 1 heterocycles. The summed E-state index contributed by atoms with van der Waals surface area (Å²) in [5.41, 5.74) is 8.30. The number of hydrogen-bond acceptors (Lipinski definition) is 3. The molecule has 0 fully saturated rings. The van der Waals surface area contributed by atoms with Crippen molar-refractivity contribution in [3.8, 4) is 0 Å². The average Bonchev–Trinajstić information content (AvgIpc) is 2.98. The summed E-state index contributed by atoms with van der Waals surface area (Å²) in [6.07, 6.45) is 7.74. The lowest BCUT2D eigenvalue weighted by Gasteiger charge is -2.19. The number of aryl methyl sites for hydroxylation is 1. The van der Waals surface area contributed by atoms with Gasteiger partial charge in [-0.15, -0.1) is 0 Å². The number of carbonyl (C=O) groups excluding carboxylic acids is 1. The summed E-state index contributed by atoms with van der Waals surface area (Å²) in [4.78, 5) is 18.3. The van der Waals surface area contributed by atoms with Gasteiger partial charge in [0, 0.05) is 25.6 Å². The van der Waals surface area contributed by atoms with Crippen molar-refractivity contribution in [3.05, 3.63) is 35.7 Å². The molecule has 2 aromatic rings. The number of amides is 1. The Morgan fingerprint density at radius 3 is 2.65 bits per heavy atom. The zero-order valence-corrected chi connectivity index (χ0v) is 16.4. The summed E-state index contributed by atoms with van der Waals surface area (Å²) < 4.78 is 2.37. The van der Waals surface area contributed by atoms with E-state index >= 15 is 0 Å². The normalized spacial score (nSPS) is 11.8. The van der Waals surface area contributed by atoms with Gasteiger partial charge in [0.05, 0.1) is 11.0 Å². The van der Waals surface area contributed by atoms with Gasteiger partial charge in [0.25, 0.3) is 0 Å². The van der Waals surface area contributed by atoms with Gasteiger partial charge in [-0.2, -0.15) is 0 Å². The average molecular weight is 357 g/mol. The van der Waals surface area contributed by atoms with Crippen molar-refractivity contribution in [1.82, 2.24) is 14.5 Å². The molecule has 5 nitrogen and oxygen atoms in total. The highest BCUT2D eigenvalue weighted by Gasteiger charge is 2.12. The van der Waals surface area contributed by atoms with E-state index < -0.39 is 5.91 Å². The Balaban J connectivity index is 2.31. The molecule has 2 rings (SSSR count). The van der Waals surface area contributed by atoms with Crippen LogP contribution < -0.4 is 5.73 Å². The Morgan fingerprint density at radius 2 is 2.00 bits per heavy atom. The Labute approximate surface area is 156 Å². The third kappa shape index (κ3) is 5.43. The van der Waals surface area contributed by atoms with Crippen LogP contribution in [0.2, 0.25) is 0 Å². The molecule has 5 heteroatoms. The summed E-state index contributed by atoms with van der Waals surface area (Å²) in [5, 5.41) is 0. The molecule has 0 aliphatic heterocycles. The number of fused-ring (bicyclic) bond motifs is 1. The topological polar surface area (TPSA) is 64.1 Å². The summed E-state index contributed by atoms with van der Waals surface area (Å²) in [7, 11) is 0. The van der Waals surface area contributed by atoms with Gasteiger partial charge in [0.1, 0.15) is 5.82 Å². The lowest BCUT2D eigenvalue weighted by atomic mass is 10.2. The second-order valence-electron chi connectivity index (χ2n) is 6.65. The van der Waals surface area contributed by atoms with Gasteiger partial charge < -0.3 is 15.2 Å². The van der Waals surface area contributed by atoms with Gasteiger partial charge in [0.15, 0.2) is 0 Å². The van der Waals surface area contributed by atoms with Crippen LogP contribution >= 0.6 is 0 Å². The lowest BCUT2D eigenvalue weighted by molar-refractivity contribution is -0.113. The Hall–Kier alpha value is -2.14. The number of rotatable bonds is 11. The fourth-order valence-electron chi connectivity index (χ4n) is 3.23. The van der Waals surface area contributed by atoms with Crippen LogP contribution in [-0.4, -0.2) is 40.0 Å². The molecule has 142 valence electrons. The maximum atomic E-state index is 11.0. The predicted molar refractivity (Wildman–Crippen MR) is 109 cm³/mol. The predicted octanol–water partition coefficient (Wildman–Crippen LogP) is 3.61. The fourth-order valence-corrected chi connectivity index (χ4v) is 3.23. The third-order valence-electron chi connectivity index (χ3n) is 4.83. The van der Waals surface area contributed by atoms with E-state index in [4.69, 9.17) is 10.7 Å². The van der Waals surface area contributed by atoms with Crippen LogP contribution in [0.4, 0.5) is 0 Å². The molecule has 0 saturated heterocycles. The van der Waals surface area contributed by atoms with Crippen LogP contribution in [0.15, 0.2) is 24.3 Å². The smallest absolute Gasteiger partial charge is 0.241 e. The van der Waals surface area contributed by atoms with Crippen molar-refractivity contribution < 1.29 is 4.79 Å². The molecular formula is C21H32N4O. The first-order valence-electron chi connectivity index (χ1n) is 9.78. The van der Waals surface area contributed by atoms with Crippen LogP contribution in [0.25, 0.3) is 17.1 Å². The van der Waals surface area contributed by atoms with Crippen LogP contribution in [0.1, 0.15) is 51.4 Å². The standard InChI is InChI=1S/C21H32N4O/c1-4-7-8-9-21-23-18-16-17(11-13-20(22)26)10-12-19(18)25(21)15-14-24(5-2)6-3/h10-13,16H,4-9,14-15H2,1-3H3,(H2,22,26)/b13-11+. The SMILES string of the molecule is CCCCCc1nc2cc(/C=C/C(N)=O)ccc2n1CCN(CC)CC. The maximum Gasteiger partial charge on any atom is 0.241 e. The van der Waals surface area contributed by atoms with Crippen molar-refractivity contribution >= 4 is 23.0 Å². The molecule has 1 aromatic heterocycles. The minimum atomic E-state index is -0.435. The monoisotopic (exact) mass is 356 g/mol. The van der Waals surface area contributed by atoms with E-state index in [1.165, 1.54) is 30.9 Å². The van der Waals surface area contributed by atoms with E-state index in [-0.39, 0.29) is 0 Å². The van der Waals surface area contributed by atoms with Gasteiger partial charge in [-0.05, 0) is 43.3 Å². The van der Waals surface area contributed by atoms with E-state index in [1.807, 2.05) is 12.1 Å². The molecule has 0 radical (unpaired) electrons. The number of primary amides is 1. The minimum absolute atomic E-state index is 0.435. The number of hydrogen-bond donors (Lipinski definition) is 1. The number of imidazole rings is 1. The number of likely N-dealkylation sites (N-methyl/N-ethyl adjacent to an activating group) is 1. The molecule has 0 spiro atoms. The molecule has 0 aliphatic rings. The van der Waals surface area contributed by atoms with Crippen molar-refractivity contribution in [2.24, 2.45) is 5.73 Å². The van der Waals surface area contributed by atoms with Crippen LogP contribution in [0.3, 0.4) is 0 Å². The molecule has 0 aliphatic carbocycles. The molecule has 0 bridgehead atoms. The van der Waals surface area contributed by atoms with Gasteiger partial charge in [0.2, 0.25) is 5.91 Å². The Bertz CT molecular complexity index is 744. The first kappa shape index (κ1) is 20.2. The maximum absolute atomic E-state index is 11.0. The second-order valence-corrected chi connectivity index (χ2v) is 6.65. The van der Waals surface area contributed by atoms with E-state index in [0.717, 1.165) is 49.5 Å². The Morgan fingerprint density at radius 1 is 1.23 bits per heavy atom.